The van der Waals surface area contributed by atoms with Crippen LogP contribution < -0.4 is 5.73 Å². The minimum Gasteiger partial charge on any atom is -0.327 e. The second-order valence-electron chi connectivity index (χ2n) is 4.40. The molecule has 2 rings (SSSR count). The van der Waals surface area contributed by atoms with Gasteiger partial charge in [0.1, 0.15) is 5.78 Å². The first-order valence-electron chi connectivity index (χ1n) is 5.13. The van der Waals surface area contributed by atoms with E-state index in [1.807, 2.05) is 0 Å². The van der Waals surface area contributed by atoms with Crippen molar-refractivity contribution in [1.29, 1.82) is 0 Å². The van der Waals surface area contributed by atoms with Gasteiger partial charge in [0, 0.05) is 18.4 Å². The van der Waals surface area contributed by atoms with Gasteiger partial charge in [0.2, 0.25) is 0 Å². The average molecular weight is 179 g/mol. The van der Waals surface area contributed by atoms with Crippen LogP contribution in [0.15, 0.2) is 12.7 Å². The smallest absolute Gasteiger partial charge is 0.141 e. The largest absolute Gasteiger partial charge is 0.327 e. The highest BCUT2D eigenvalue weighted by Crippen LogP contribution is 2.48. The van der Waals surface area contributed by atoms with Crippen LogP contribution in [0.25, 0.3) is 0 Å². The fraction of sp³-hybridized carbons (Fsp3) is 0.727. The molecule has 0 heterocycles. The van der Waals surface area contributed by atoms with Crippen LogP contribution in [0, 0.1) is 17.8 Å². The van der Waals surface area contributed by atoms with Crippen LogP contribution in [0.4, 0.5) is 0 Å². The summed E-state index contributed by atoms with van der Waals surface area (Å²) in [6.45, 7) is 3.60. The molecular formula is C11H17NO. The summed E-state index contributed by atoms with van der Waals surface area (Å²) in [6.07, 6.45) is 5.84. The molecule has 2 fully saturated rings. The molecule has 2 bridgehead atoms. The van der Waals surface area contributed by atoms with Gasteiger partial charge in [0.25, 0.3) is 0 Å². The highest BCUT2D eigenvalue weighted by molar-refractivity contribution is 5.83. The number of fused-ring (bicyclic) bond motifs is 2. The molecular weight excluding hydrogens is 162 g/mol. The maximum atomic E-state index is 11.7. The van der Waals surface area contributed by atoms with Crippen molar-refractivity contribution in [2.45, 2.75) is 31.7 Å². The summed E-state index contributed by atoms with van der Waals surface area (Å²) in [7, 11) is 0. The number of hydrogen-bond donors (Lipinski definition) is 1. The summed E-state index contributed by atoms with van der Waals surface area (Å²) < 4.78 is 0. The fourth-order valence-electron chi connectivity index (χ4n) is 3.09. The van der Waals surface area contributed by atoms with Gasteiger partial charge in [0.05, 0.1) is 0 Å². The van der Waals surface area contributed by atoms with Gasteiger partial charge in [-0.1, -0.05) is 6.08 Å². The lowest BCUT2D eigenvalue weighted by molar-refractivity contribution is -0.124. The van der Waals surface area contributed by atoms with Crippen LogP contribution >= 0.6 is 0 Å². The lowest BCUT2D eigenvalue weighted by Gasteiger charge is -2.26. The zero-order valence-electron chi connectivity index (χ0n) is 7.91. The Morgan fingerprint density at radius 3 is 2.69 bits per heavy atom. The van der Waals surface area contributed by atoms with Gasteiger partial charge in [-0.3, -0.25) is 4.79 Å². The summed E-state index contributed by atoms with van der Waals surface area (Å²) in [5.74, 6) is 1.68. The normalized spacial score (nSPS) is 42.2. The van der Waals surface area contributed by atoms with Crippen molar-refractivity contribution in [3.8, 4) is 0 Å². The maximum absolute atomic E-state index is 11.7. The van der Waals surface area contributed by atoms with E-state index >= 15 is 0 Å². The number of carbonyl (C=O) groups is 1. The molecule has 2 N–H and O–H groups in total. The quantitative estimate of drug-likeness (QED) is 0.667. The molecule has 0 amide bonds. The van der Waals surface area contributed by atoms with Crippen LogP contribution in [-0.2, 0) is 4.79 Å². The Morgan fingerprint density at radius 1 is 1.46 bits per heavy atom. The Bertz CT molecular complexity index is 234. The Morgan fingerprint density at radius 2 is 2.15 bits per heavy atom. The molecule has 0 aromatic carbocycles. The van der Waals surface area contributed by atoms with E-state index < -0.39 is 0 Å². The van der Waals surface area contributed by atoms with Gasteiger partial charge in [-0.2, -0.15) is 0 Å². The van der Waals surface area contributed by atoms with Crippen molar-refractivity contribution in [1.82, 2.24) is 0 Å². The molecule has 13 heavy (non-hydrogen) atoms. The molecule has 0 spiro atoms. The predicted molar refractivity (Wildman–Crippen MR) is 52.1 cm³/mol. The Balaban J connectivity index is 2.07. The predicted octanol–water partition coefficient (Wildman–Crippen LogP) is 1.50. The van der Waals surface area contributed by atoms with Crippen molar-refractivity contribution in [3.05, 3.63) is 12.7 Å². The first-order valence-corrected chi connectivity index (χ1v) is 5.13. The Labute approximate surface area is 79.2 Å². The molecule has 2 aliphatic carbocycles. The SMILES string of the molecule is C=CCC(=O)C1C2CCC(C2)C1N. The molecule has 0 aromatic rings. The summed E-state index contributed by atoms with van der Waals surface area (Å²) in [4.78, 5) is 11.7. The molecule has 0 saturated heterocycles. The monoisotopic (exact) mass is 179 g/mol. The van der Waals surface area contributed by atoms with Crippen molar-refractivity contribution >= 4 is 5.78 Å². The number of Topliss-reactive ketones (excluding diaryl/α,β-unsaturated/α-hetero) is 1. The van der Waals surface area contributed by atoms with E-state index in [0.717, 1.165) is 0 Å². The van der Waals surface area contributed by atoms with Crippen molar-refractivity contribution in [3.63, 3.8) is 0 Å². The topological polar surface area (TPSA) is 43.1 Å². The second-order valence-corrected chi connectivity index (χ2v) is 4.40. The van der Waals surface area contributed by atoms with E-state index in [1.165, 1.54) is 19.3 Å². The first-order chi connectivity index (χ1) is 6.24. The minimum atomic E-state index is 0.145. The van der Waals surface area contributed by atoms with Crippen LogP contribution in [0.3, 0.4) is 0 Å². The summed E-state index contributed by atoms with van der Waals surface area (Å²) in [6, 6.07) is 0.145. The zero-order valence-corrected chi connectivity index (χ0v) is 7.91. The van der Waals surface area contributed by atoms with E-state index in [4.69, 9.17) is 5.73 Å². The number of allylic oxidation sites excluding steroid dienone is 1. The molecule has 2 aliphatic rings. The summed E-state index contributed by atoms with van der Waals surface area (Å²) in [5, 5.41) is 0. The third-order valence-corrected chi connectivity index (χ3v) is 3.70. The third-order valence-electron chi connectivity index (χ3n) is 3.70. The van der Waals surface area contributed by atoms with Crippen molar-refractivity contribution < 1.29 is 4.79 Å². The summed E-state index contributed by atoms with van der Waals surface area (Å²) >= 11 is 0. The minimum absolute atomic E-state index is 0.145. The number of hydrogen-bond acceptors (Lipinski definition) is 2. The molecule has 4 atom stereocenters. The zero-order chi connectivity index (χ0) is 9.42. The highest BCUT2D eigenvalue weighted by atomic mass is 16.1. The van der Waals surface area contributed by atoms with E-state index in [9.17, 15) is 4.79 Å². The molecule has 72 valence electrons. The highest BCUT2D eigenvalue weighted by Gasteiger charge is 2.48. The van der Waals surface area contributed by atoms with Crippen LogP contribution in [-0.4, -0.2) is 11.8 Å². The lowest BCUT2D eigenvalue weighted by atomic mass is 9.81. The van der Waals surface area contributed by atoms with Gasteiger partial charge in [-0.05, 0) is 31.1 Å². The second kappa shape index (κ2) is 3.26. The molecule has 2 heteroatoms. The third kappa shape index (κ3) is 1.33. The van der Waals surface area contributed by atoms with E-state index in [-0.39, 0.29) is 12.0 Å². The molecule has 0 aliphatic heterocycles. The van der Waals surface area contributed by atoms with Gasteiger partial charge in [-0.25, -0.2) is 0 Å². The van der Waals surface area contributed by atoms with Crippen molar-refractivity contribution in [2.24, 2.45) is 23.5 Å². The molecule has 0 radical (unpaired) electrons. The Hall–Kier alpha value is -0.630. The van der Waals surface area contributed by atoms with Gasteiger partial charge < -0.3 is 5.73 Å². The molecule has 0 aromatic heterocycles. The first kappa shape index (κ1) is 8.95. The van der Waals surface area contributed by atoms with Gasteiger partial charge >= 0.3 is 0 Å². The van der Waals surface area contributed by atoms with Crippen LogP contribution in [0.5, 0.6) is 0 Å². The lowest BCUT2D eigenvalue weighted by Crippen LogP contribution is -2.40. The van der Waals surface area contributed by atoms with E-state index in [2.05, 4.69) is 6.58 Å². The molecule has 2 saturated carbocycles. The van der Waals surface area contributed by atoms with Gasteiger partial charge in [0.15, 0.2) is 0 Å². The average Bonchev–Trinajstić information content (AvgIpc) is 2.63. The number of rotatable bonds is 3. The van der Waals surface area contributed by atoms with Gasteiger partial charge in [-0.15, -0.1) is 6.58 Å². The standard InChI is InChI=1S/C11H17NO/c1-2-3-9(13)10-7-4-5-8(6-7)11(10)12/h2,7-8,10-11H,1,3-6,12H2. The van der Waals surface area contributed by atoms with E-state index in [1.54, 1.807) is 6.08 Å². The number of carbonyl (C=O) groups excluding carboxylic acids is 1. The molecule has 4 unspecified atom stereocenters. The fourth-order valence-corrected chi connectivity index (χ4v) is 3.09. The Kier molecular flexibility index (Phi) is 2.24. The number of ketones is 1. The molecule has 2 nitrogen and oxygen atoms in total. The van der Waals surface area contributed by atoms with Crippen molar-refractivity contribution in [2.75, 3.05) is 0 Å². The summed E-state index contributed by atoms with van der Waals surface area (Å²) in [5.41, 5.74) is 6.04. The number of nitrogens with two attached hydrogens (primary N) is 1. The van der Waals surface area contributed by atoms with Crippen LogP contribution in [0.1, 0.15) is 25.7 Å². The van der Waals surface area contributed by atoms with Crippen LogP contribution in [0.2, 0.25) is 0 Å². The van der Waals surface area contributed by atoms with E-state index in [0.29, 0.717) is 24.0 Å². The maximum Gasteiger partial charge on any atom is 0.141 e.